The van der Waals surface area contributed by atoms with Crippen molar-refractivity contribution < 1.29 is 17.9 Å². The number of methoxy groups -OCH3 is 1. The van der Waals surface area contributed by atoms with E-state index in [-0.39, 0.29) is 16.6 Å². The Balaban J connectivity index is 1.25. The first-order valence-electron chi connectivity index (χ1n) is 11.6. The molecule has 1 amide bonds. The Morgan fingerprint density at radius 2 is 1.58 bits per heavy atom. The number of nitrogens with zero attached hydrogens (tertiary/aromatic N) is 4. The second kappa shape index (κ2) is 9.94. The molecule has 0 N–H and O–H groups in total. The van der Waals surface area contributed by atoms with Crippen molar-refractivity contribution in [2.75, 3.05) is 38.2 Å². The fourth-order valence-electron chi connectivity index (χ4n) is 4.48. The molecular formula is C27H26N4O4S. The summed E-state index contributed by atoms with van der Waals surface area (Å²) < 4.78 is 31.6. The van der Waals surface area contributed by atoms with E-state index in [1.807, 2.05) is 29.2 Å². The minimum Gasteiger partial charge on any atom is -0.480 e. The van der Waals surface area contributed by atoms with Gasteiger partial charge in [0.2, 0.25) is 5.88 Å². The van der Waals surface area contributed by atoms with E-state index in [1.54, 1.807) is 62.0 Å². The fourth-order valence-corrected chi connectivity index (χ4v) is 6.02. The molecule has 2 aromatic carbocycles. The van der Waals surface area contributed by atoms with Gasteiger partial charge in [0.25, 0.3) is 5.91 Å². The second-order valence-corrected chi connectivity index (χ2v) is 10.6. The molecule has 1 fully saturated rings. The van der Waals surface area contributed by atoms with Gasteiger partial charge in [0.15, 0.2) is 9.84 Å². The summed E-state index contributed by atoms with van der Waals surface area (Å²) in [4.78, 5) is 25.8. The van der Waals surface area contributed by atoms with Crippen molar-refractivity contribution in [3.8, 4) is 5.88 Å². The van der Waals surface area contributed by atoms with Crippen LogP contribution in [0.4, 0.5) is 5.69 Å². The molecule has 1 aliphatic heterocycles. The number of para-hydroxylation sites is 1. The second-order valence-electron chi connectivity index (χ2n) is 8.60. The van der Waals surface area contributed by atoms with Gasteiger partial charge < -0.3 is 14.5 Å². The number of anilines is 1. The number of piperazine rings is 1. The van der Waals surface area contributed by atoms with E-state index in [9.17, 15) is 13.2 Å². The first-order valence-corrected chi connectivity index (χ1v) is 13.3. The van der Waals surface area contributed by atoms with E-state index in [0.717, 1.165) is 11.1 Å². The number of benzene rings is 2. The maximum absolute atomic E-state index is 13.1. The Hall–Kier alpha value is -3.98. The van der Waals surface area contributed by atoms with Crippen molar-refractivity contribution in [3.63, 3.8) is 0 Å². The quantitative estimate of drug-likeness (QED) is 0.398. The molecule has 4 aromatic rings. The summed E-state index contributed by atoms with van der Waals surface area (Å²) in [5, 5.41) is 0.779. The fraction of sp³-hybridized carbons (Fsp3) is 0.222. The van der Waals surface area contributed by atoms with Gasteiger partial charge in [-0.2, -0.15) is 0 Å². The van der Waals surface area contributed by atoms with Crippen molar-refractivity contribution in [1.29, 1.82) is 0 Å². The number of fused-ring (bicyclic) bond motifs is 1. The first kappa shape index (κ1) is 23.7. The van der Waals surface area contributed by atoms with Gasteiger partial charge in [-0.15, -0.1) is 0 Å². The Kier molecular flexibility index (Phi) is 6.56. The van der Waals surface area contributed by atoms with Gasteiger partial charge in [0, 0.05) is 49.5 Å². The maximum atomic E-state index is 13.1. The lowest BCUT2D eigenvalue weighted by Gasteiger charge is -2.36. The average molecular weight is 503 g/mol. The minimum absolute atomic E-state index is 0.0690. The number of hydrogen-bond donors (Lipinski definition) is 0. The van der Waals surface area contributed by atoms with Crippen molar-refractivity contribution in [1.82, 2.24) is 14.9 Å². The molecule has 0 unspecified atom stereocenters. The molecule has 3 heterocycles. The number of carbonyl (C=O) groups is 1. The monoisotopic (exact) mass is 502 g/mol. The molecule has 184 valence electrons. The van der Waals surface area contributed by atoms with Crippen LogP contribution in [-0.2, 0) is 15.6 Å². The van der Waals surface area contributed by atoms with E-state index in [0.29, 0.717) is 48.7 Å². The van der Waals surface area contributed by atoms with E-state index >= 15 is 0 Å². The van der Waals surface area contributed by atoms with E-state index in [4.69, 9.17) is 4.74 Å². The SMILES string of the molecule is COc1ncccc1N1CCN(C(=O)c2ccc(CS(=O)(=O)c3cccc4cccnc34)cc2)CC1. The molecule has 0 aliphatic carbocycles. The number of hydrogen-bond acceptors (Lipinski definition) is 7. The van der Waals surface area contributed by atoms with Crippen molar-refractivity contribution in [2.45, 2.75) is 10.6 Å². The Bertz CT molecular complexity index is 1490. The molecule has 0 atom stereocenters. The zero-order valence-corrected chi connectivity index (χ0v) is 20.7. The third-order valence-electron chi connectivity index (χ3n) is 6.34. The summed E-state index contributed by atoms with van der Waals surface area (Å²) in [6.45, 7) is 2.48. The highest BCUT2D eigenvalue weighted by molar-refractivity contribution is 7.90. The van der Waals surface area contributed by atoms with Crippen LogP contribution in [0.2, 0.25) is 0 Å². The molecule has 9 heteroatoms. The lowest BCUT2D eigenvalue weighted by Crippen LogP contribution is -2.48. The Labute approximate surface area is 210 Å². The summed E-state index contributed by atoms with van der Waals surface area (Å²) in [5.74, 6) is 0.338. The molecule has 1 aliphatic rings. The molecule has 5 rings (SSSR count). The summed E-state index contributed by atoms with van der Waals surface area (Å²) in [7, 11) is -2.01. The van der Waals surface area contributed by atoms with Crippen LogP contribution in [0.1, 0.15) is 15.9 Å². The number of rotatable bonds is 6. The number of carbonyl (C=O) groups excluding carboxylic acids is 1. The van der Waals surface area contributed by atoms with E-state index in [2.05, 4.69) is 14.9 Å². The van der Waals surface area contributed by atoms with Crippen LogP contribution in [0, 0.1) is 0 Å². The van der Waals surface area contributed by atoms with Crippen molar-refractivity contribution in [2.24, 2.45) is 0 Å². The summed E-state index contributed by atoms with van der Waals surface area (Å²) in [6, 6.07) is 19.4. The third kappa shape index (κ3) is 4.74. The van der Waals surface area contributed by atoms with Gasteiger partial charge >= 0.3 is 0 Å². The minimum atomic E-state index is -3.61. The number of pyridine rings is 2. The van der Waals surface area contributed by atoms with E-state index < -0.39 is 9.84 Å². The predicted octanol–water partition coefficient (Wildman–Crippen LogP) is 3.57. The standard InChI is InChI=1S/C27H26N4O4S/c1-35-26-23(7-4-14-29-26)30-15-17-31(18-16-30)27(32)22-11-9-20(10-12-22)19-36(33,34)24-8-2-5-21-6-3-13-28-25(21)24/h2-14H,15-19H2,1H3. The molecule has 2 aromatic heterocycles. The Morgan fingerprint density at radius 1 is 0.889 bits per heavy atom. The van der Waals surface area contributed by atoms with Crippen molar-refractivity contribution in [3.05, 3.63) is 90.3 Å². The lowest BCUT2D eigenvalue weighted by molar-refractivity contribution is 0.0746. The number of sulfone groups is 1. The molecule has 0 radical (unpaired) electrons. The highest BCUT2D eigenvalue weighted by atomic mass is 32.2. The maximum Gasteiger partial charge on any atom is 0.253 e. The summed E-state index contributed by atoms with van der Waals surface area (Å²) >= 11 is 0. The highest BCUT2D eigenvalue weighted by Gasteiger charge is 2.25. The summed E-state index contributed by atoms with van der Waals surface area (Å²) in [6.07, 6.45) is 3.28. The van der Waals surface area contributed by atoms with Crippen LogP contribution >= 0.6 is 0 Å². The van der Waals surface area contributed by atoms with Crippen LogP contribution in [0.5, 0.6) is 5.88 Å². The van der Waals surface area contributed by atoms with Gasteiger partial charge in [-0.25, -0.2) is 13.4 Å². The van der Waals surface area contributed by atoms with Crippen LogP contribution in [0.3, 0.4) is 0 Å². The van der Waals surface area contributed by atoms with Gasteiger partial charge in [-0.1, -0.05) is 30.3 Å². The largest absolute Gasteiger partial charge is 0.480 e. The first-order chi connectivity index (χ1) is 17.5. The molecule has 1 saturated heterocycles. The third-order valence-corrected chi connectivity index (χ3v) is 8.05. The lowest BCUT2D eigenvalue weighted by atomic mass is 10.1. The Morgan fingerprint density at radius 3 is 2.33 bits per heavy atom. The number of amides is 1. The van der Waals surface area contributed by atoms with E-state index in [1.165, 1.54) is 0 Å². The van der Waals surface area contributed by atoms with Gasteiger partial charge in [0.05, 0.1) is 29.0 Å². The van der Waals surface area contributed by atoms with Crippen molar-refractivity contribution >= 4 is 32.3 Å². The van der Waals surface area contributed by atoms with Crippen LogP contribution in [0.15, 0.2) is 84.0 Å². The predicted molar refractivity (Wildman–Crippen MR) is 138 cm³/mol. The zero-order chi connectivity index (χ0) is 25.1. The molecule has 0 saturated carbocycles. The van der Waals surface area contributed by atoms with Gasteiger partial charge in [-0.3, -0.25) is 9.78 Å². The molecule has 36 heavy (non-hydrogen) atoms. The van der Waals surface area contributed by atoms with Gasteiger partial charge in [0.1, 0.15) is 0 Å². The average Bonchev–Trinajstić information content (AvgIpc) is 2.92. The zero-order valence-electron chi connectivity index (χ0n) is 19.9. The molecule has 0 bridgehead atoms. The topological polar surface area (TPSA) is 92.7 Å². The number of aromatic nitrogens is 2. The highest BCUT2D eigenvalue weighted by Crippen LogP contribution is 2.27. The van der Waals surface area contributed by atoms with Crippen LogP contribution < -0.4 is 9.64 Å². The van der Waals surface area contributed by atoms with Crippen LogP contribution in [0.25, 0.3) is 10.9 Å². The molecule has 0 spiro atoms. The van der Waals surface area contributed by atoms with Gasteiger partial charge in [-0.05, 0) is 42.0 Å². The normalized spacial score (nSPS) is 14.1. The van der Waals surface area contributed by atoms with Crippen LogP contribution in [-0.4, -0.2) is 62.5 Å². The smallest absolute Gasteiger partial charge is 0.253 e. The molecule has 8 nitrogen and oxygen atoms in total. The number of ether oxygens (including phenoxy) is 1. The summed E-state index contributed by atoms with van der Waals surface area (Å²) in [5.41, 5.74) is 2.54. The molecular weight excluding hydrogens is 476 g/mol.